The number of nitrogens with one attached hydrogen (secondary N) is 2. The predicted octanol–water partition coefficient (Wildman–Crippen LogP) is -9.97. The topological polar surface area (TPSA) is 359 Å². The van der Waals surface area contributed by atoms with E-state index in [0.717, 1.165) is 0 Å². The van der Waals surface area contributed by atoms with Crippen molar-refractivity contribution in [1.29, 1.82) is 0 Å². The molecule has 0 saturated carbocycles. The van der Waals surface area contributed by atoms with Crippen LogP contribution in [0.15, 0.2) is 0 Å². The van der Waals surface area contributed by atoms with E-state index in [2.05, 4.69) is 10.6 Å². The van der Waals surface area contributed by atoms with Gasteiger partial charge in [-0.05, 0) is 71.9 Å². The first-order valence-corrected chi connectivity index (χ1v) is 19.8. The molecule has 20 nitrogen and oxygen atoms in total. The van der Waals surface area contributed by atoms with Crippen LogP contribution in [-0.2, 0) is 57.5 Å². The summed E-state index contributed by atoms with van der Waals surface area (Å²) < 4.78 is 0. The third-order valence-corrected chi connectivity index (χ3v) is 9.87. The van der Waals surface area contributed by atoms with E-state index in [1.165, 1.54) is 14.1 Å². The summed E-state index contributed by atoms with van der Waals surface area (Å²) in [6, 6.07) is -1.64. The summed E-state index contributed by atoms with van der Waals surface area (Å²) in [5, 5.41) is 64.1. The Morgan fingerprint density at radius 2 is 0.609 bits per heavy atom. The molecule has 348 valence electrons. The number of halogens is 1. The number of ketones is 6. The van der Waals surface area contributed by atoms with Crippen LogP contribution in [0, 0.1) is 23.7 Å². The van der Waals surface area contributed by atoms with Gasteiger partial charge in [-0.2, -0.15) is 0 Å². The van der Waals surface area contributed by atoms with Crippen LogP contribution in [0.5, 0.6) is 0 Å². The van der Waals surface area contributed by atoms with Crippen LogP contribution >= 0.6 is 12.4 Å². The second-order valence-electron chi connectivity index (χ2n) is 14.3. The van der Waals surface area contributed by atoms with Crippen molar-refractivity contribution in [2.24, 2.45) is 23.7 Å². The molecular formula is C40H60ClN2Na3O18. The Hall–Kier alpha value is -1.95. The summed E-state index contributed by atoms with van der Waals surface area (Å²) in [6.45, 7) is 3.18. The first kappa shape index (κ1) is 73.6. The third kappa shape index (κ3) is 36.2. The molecule has 0 aliphatic carbocycles. The van der Waals surface area contributed by atoms with Crippen LogP contribution in [0.1, 0.15) is 129 Å². The van der Waals surface area contributed by atoms with Gasteiger partial charge in [0.05, 0.1) is 12.1 Å². The largest absolute Gasteiger partial charge is 1.00 e. The average Bonchev–Trinajstić information content (AvgIpc) is 3.17. The van der Waals surface area contributed by atoms with Gasteiger partial charge in [0, 0.05) is 99.4 Å². The molecule has 6 atom stereocenters. The van der Waals surface area contributed by atoms with Crippen molar-refractivity contribution in [3.63, 3.8) is 0 Å². The number of rotatable bonds is 36. The molecule has 0 aromatic heterocycles. The zero-order valence-corrected chi connectivity index (χ0v) is 44.9. The van der Waals surface area contributed by atoms with Crippen LogP contribution in [0.3, 0.4) is 0 Å². The van der Waals surface area contributed by atoms with Crippen LogP contribution in [0.25, 0.3) is 0 Å². The maximum absolute atomic E-state index is 12.8. The van der Waals surface area contributed by atoms with Crippen molar-refractivity contribution in [3.05, 3.63) is 0 Å². The van der Waals surface area contributed by atoms with Gasteiger partial charge in [-0.15, -0.1) is 12.4 Å². The molecule has 0 radical (unpaired) electrons. The second kappa shape index (κ2) is 42.4. The van der Waals surface area contributed by atoms with Crippen molar-refractivity contribution >= 4 is 82.9 Å². The normalized spacial score (nSPS) is 12.9. The first-order chi connectivity index (χ1) is 28.0. The van der Waals surface area contributed by atoms with Gasteiger partial charge in [0.25, 0.3) is 0 Å². The fourth-order valence-corrected chi connectivity index (χ4v) is 6.32. The zero-order valence-electron chi connectivity index (χ0n) is 38.1. The van der Waals surface area contributed by atoms with E-state index in [4.69, 9.17) is 15.3 Å². The molecule has 0 bridgehead atoms. The van der Waals surface area contributed by atoms with Gasteiger partial charge < -0.3 is 55.7 Å². The maximum atomic E-state index is 12.8. The minimum Gasteiger partial charge on any atom is -0.550 e. The van der Waals surface area contributed by atoms with Gasteiger partial charge >= 0.3 is 107 Å². The molecular weight excluding hydrogens is 901 g/mol. The monoisotopic (exact) mass is 960 g/mol. The molecule has 0 aromatic carbocycles. The van der Waals surface area contributed by atoms with E-state index >= 15 is 0 Å². The molecule has 0 rings (SSSR count). The van der Waals surface area contributed by atoms with Crippen LogP contribution in [-0.4, -0.2) is 112 Å². The van der Waals surface area contributed by atoms with Crippen molar-refractivity contribution < 1.29 is 177 Å². The summed E-state index contributed by atoms with van der Waals surface area (Å²) in [5.41, 5.74) is 0. The minimum atomic E-state index is -1.40. The molecule has 24 heteroatoms. The molecule has 0 heterocycles. The van der Waals surface area contributed by atoms with Crippen molar-refractivity contribution in [1.82, 2.24) is 10.6 Å². The molecule has 0 aromatic rings. The van der Waals surface area contributed by atoms with Crippen molar-refractivity contribution in [2.75, 3.05) is 14.1 Å². The Morgan fingerprint density at radius 3 is 0.859 bits per heavy atom. The number of hydrogen-bond acceptors (Lipinski definition) is 17. The maximum Gasteiger partial charge on any atom is 1.00 e. The van der Waals surface area contributed by atoms with Gasteiger partial charge in [0.1, 0.15) is 34.7 Å². The summed E-state index contributed by atoms with van der Waals surface area (Å²) in [7, 11) is 2.94. The Morgan fingerprint density at radius 1 is 0.391 bits per heavy atom. The fraction of sp³-hybridized carbons (Fsp3) is 0.700. The Balaban J connectivity index is -0.000000247. The van der Waals surface area contributed by atoms with E-state index in [1.807, 2.05) is 0 Å². The quantitative estimate of drug-likeness (QED) is 0.0364. The van der Waals surface area contributed by atoms with Crippen LogP contribution < -0.4 is 115 Å². The van der Waals surface area contributed by atoms with Gasteiger partial charge in [-0.25, -0.2) is 0 Å². The summed E-state index contributed by atoms with van der Waals surface area (Å²) in [4.78, 5) is 139. The van der Waals surface area contributed by atoms with Crippen LogP contribution in [0.4, 0.5) is 0 Å². The summed E-state index contributed by atoms with van der Waals surface area (Å²) >= 11 is 0. The van der Waals surface area contributed by atoms with E-state index in [1.54, 1.807) is 13.8 Å². The number of carboxylic acids is 6. The number of Topliss-reactive ketones (excluding diaryl/α,β-unsaturated/α-hetero) is 6. The van der Waals surface area contributed by atoms with Gasteiger partial charge in [0.2, 0.25) is 0 Å². The molecule has 64 heavy (non-hydrogen) atoms. The molecule has 0 aliphatic heterocycles. The fourth-order valence-electron chi connectivity index (χ4n) is 6.32. The third-order valence-electron chi connectivity index (χ3n) is 9.87. The smallest absolute Gasteiger partial charge is 0.550 e. The molecule has 6 unspecified atom stereocenters. The Labute approximate surface area is 445 Å². The number of carboxylic acid groups (broad SMARTS) is 6. The number of hydrogen-bond donors (Lipinski definition) is 5. The SMILES string of the molecule is CCC(=O)C(CCC(=O)O)CC(=O)C(CCC(=O)O)CC(=O)C(CCC(=O)O)NC.CCC(=O)C(CCC(=O)[O-])CC(=O)C(CCC(=O)[O-])CC(=O)C(CCC(=O)[O-])NC.Cl.[Na+].[Na+].[Na+]. The molecule has 0 amide bonds. The molecule has 0 aliphatic rings. The van der Waals surface area contributed by atoms with Gasteiger partial charge in [-0.1, -0.05) is 13.8 Å². The molecule has 0 saturated heterocycles. The minimum absolute atomic E-state index is 0. The second-order valence-corrected chi connectivity index (χ2v) is 14.3. The number of carbonyl (C=O) groups excluding carboxylic acids is 9. The summed E-state index contributed by atoms with van der Waals surface area (Å²) in [6.07, 6.45) is -3.46. The number of carbonyl (C=O) groups is 12. The number of aliphatic carboxylic acids is 6. The first-order valence-electron chi connectivity index (χ1n) is 19.8. The van der Waals surface area contributed by atoms with E-state index in [0.29, 0.717) is 0 Å². The van der Waals surface area contributed by atoms with Crippen molar-refractivity contribution in [3.8, 4) is 0 Å². The molecule has 5 N–H and O–H groups in total. The zero-order chi connectivity index (χ0) is 46.5. The number of likely N-dealkylation sites (N-methyl/N-ethyl adjacent to an activating group) is 2. The average molecular weight is 961 g/mol. The van der Waals surface area contributed by atoms with Crippen molar-refractivity contribution in [2.45, 2.75) is 142 Å². The standard InChI is InChI=1S/2C20H31NO9.ClH.3Na/c2*1-3-15(22)12(4-7-18(25)26)10-16(23)13(5-8-19(27)28)11-17(24)14(21-2)6-9-20(29)30;;;;/h2*12-14,21H,3-11H2,1-2H3,(H,25,26)(H,27,28)(H,29,30);1H;;;/q;;;3*+1/p-3. The van der Waals surface area contributed by atoms with Gasteiger partial charge in [-0.3, -0.25) is 43.2 Å². The Bertz CT molecular complexity index is 1420. The van der Waals surface area contributed by atoms with E-state index in [9.17, 15) is 72.9 Å². The molecule has 0 spiro atoms. The van der Waals surface area contributed by atoms with Crippen LogP contribution in [0.2, 0.25) is 0 Å². The van der Waals surface area contributed by atoms with E-state index < -0.39 is 108 Å². The predicted molar refractivity (Wildman–Crippen MR) is 209 cm³/mol. The summed E-state index contributed by atoms with van der Waals surface area (Å²) in [5.74, 6) is -13.4. The van der Waals surface area contributed by atoms with E-state index in [-0.39, 0.29) is 215 Å². The Kier molecular flexibility index (Phi) is 48.8. The molecule has 0 fully saturated rings. The van der Waals surface area contributed by atoms with Gasteiger partial charge in [0.15, 0.2) is 0 Å².